The highest BCUT2D eigenvalue weighted by Gasteiger charge is 2.55. The van der Waals surface area contributed by atoms with Crippen molar-refractivity contribution < 1.29 is 33.7 Å². The van der Waals surface area contributed by atoms with Crippen LogP contribution in [0.25, 0.3) is 0 Å². The first-order chi connectivity index (χ1) is 19.9. The number of esters is 2. The molecule has 0 spiro atoms. The molecule has 0 bridgehead atoms. The average Bonchev–Trinajstić information content (AvgIpc) is 3.51. The largest absolute Gasteiger partial charge is 0.614 e. The fraction of sp³-hybridized carbons (Fsp3) is 0.156. The van der Waals surface area contributed by atoms with E-state index in [1.165, 1.54) is 37.1 Å². The molecule has 8 nitrogen and oxygen atoms in total. The van der Waals surface area contributed by atoms with Crippen LogP contribution >= 0.6 is 7.26 Å². The number of rotatable bonds is 11. The number of carbonyl (C=O) groups excluding carboxylic acids is 3. The van der Waals surface area contributed by atoms with E-state index in [0.717, 1.165) is 15.9 Å². The predicted molar refractivity (Wildman–Crippen MR) is 156 cm³/mol. The number of aromatic nitrogens is 1. The lowest BCUT2D eigenvalue weighted by atomic mass is 10.2. The monoisotopic (exact) mass is 571 g/mol. The lowest BCUT2D eigenvalue weighted by molar-refractivity contribution is -0.354. The number of nitrogens with zero attached hydrogens (tertiary/aromatic N) is 1. The molecule has 1 aromatic heterocycles. The fourth-order valence-electron chi connectivity index (χ4n) is 4.94. The van der Waals surface area contributed by atoms with E-state index in [2.05, 4.69) is 0 Å². The van der Waals surface area contributed by atoms with Crippen LogP contribution in [0.15, 0.2) is 121 Å². The number of hydrogen-bond acceptors (Lipinski definition) is 7. The number of hydrogen-bond donors (Lipinski definition) is 0. The number of benzene rings is 3. The van der Waals surface area contributed by atoms with Crippen LogP contribution in [0.2, 0.25) is 0 Å². The summed E-state index contributed by atoms with van der Waals surface area (Å²) in [5, 5.41) is 16.5. The Labute approximate surface area is 239 Å². The van der Waals surface area contributed by atoms with Gasteiger partial charge < -0.3 is 23.9 Å². The molecule has 0 radical (unpaired) electrons. The summed E-state index contributed by atoms with van der Waals surface area (Å²) in [7, 11) is -0.749. The number of methoxy groups -OCH3 is 2. The molecule has 0 saturated carbocycles. The normalized spacial score (nSPS) is 12.6. The zero-order valence-electron chi connectivity index (χ0n) is 22.9. The summed E-state index contributed by atoms with van der Waals surface area (Å²) in [5.74, 6) is -3.61. The van der Waals surface area contributed by atoms with Crippen LogP contribution in [-0.4, -0.2) is 43.1 Å². The van der Waals surface area contributed by atoms with Gasteiger partial charge in [-0.25, -0.2) is 9.59 Å². The molecule has 1 unspecified atom stereocenters. The summed E-state index contributed by atoms with van der Waals surface area (Å²) in [6.45, 7) is 1.58. The molecule has 4 rings (SSSR count). The number of ketones is 1. The van der Waals surface area contributed by atoms with Gasteiger partial charge in [0.25, 0.3) is 5.78 Å². The van der Waals surface area contributed by atoms with E-state index in [9.17, 15) is 19.5 Å². The molecule has 0 amide bonds. The average molecular weight is 572 g/mol. The van der Waals surface area contributed by atoms with Gasteiger partial charge in [0.1, 0.15) is 28.5 Å². The van der Waals surface area contributed by atoms with Crippen LogP contribution in [0.5, 0.6) is 0 Å². The third-order valence-electron chi connectivity index (χ3n) is 6.62. The van der Waals surface area contributed by atoms with Gasteiger partial charge in [-0.05, 0) is 62.6 Å². The van der Waals surface area contributed by atoms with Gasteiger partial charge in [-0.15, -0.1) is 0 Å². The maximum atomic E-state index is 14.1. The van der Waals surface area contributed by atoms with Crippen LogP contribution in [0.4, 0.5) is 0 Å². The molecule has 0 N–H and O–H groups in total. The second-order valence-electron chi connectivity index (χ2n) is 8.83. The number of ether oxygens (including phenoxy) is 3. The second-order valence-corrected chi connectivity index (χ2v) is 12.2. The molecule has 0 fully saturated rings. The maximum absolute atomic E-state index is 14.1. The summed E-state index contributed by atoms with van der Waals surface area (Å²) >= 11 is 0. The minimum Gasteiger partial charge on any atom is -0.614 e. The van der Waals surface area contributed by atoms with Gasteiger partial charge in [-0.2, -0.15) is 0 Å². The molecular formula is C32H30NO7P. The van der Waals surface area contributed by atoms with Gasteiger partial charge in [0, 0.05) is 6.20 Å². The fourth-order valence-corrected chi connectivity index (χ4v) is 9.49. The van der Waals surface area contributed by atoms with Gasteiger partial charge in [0.15, 0.2) is 6.04 Å². The zero-order valence-corrected chi connectivity index (χ0v) is 23.8. The summed E-state index contributed by atoms with van der Waals surface area (Å²) in [6.07, 6.45) is 1.46. The standard InChI is InChI=1S/C32H30NO7P/c1-4-40-31(36)28(34)26-21-14-22-33(26)27(30(35)38-2)29(32(37)39-3)41(23-15-8-5-9-16-23,24-17-10-6-11-18-24)25-19-12-7-13-20-25/h5-22,27H,4H2,1-3H3/b32-29+. The van der Waals surface area contributed by atoms with Crippen molar-refractivity contribution in [2.45, 2.75) is 13.0 Å². The molecule has 1 atom stereocenters. The topological polar surface area (TPSA) is 107 Å². The van der Waals surface area contributed by atoms with Crippen molar-refractivity contribution in [2.75, 3.05) is 20.8 Å². The molecule has 41 heavy (non-hydrogen) atoms. The van der Waals surface area contributed by atoms with Crippen molar-refractivity contribution >= 4 is 40.9 Å². The van der Waals surface area contributed by atoms with Gasteiger partial charge in [-0.3, -0.25) is 4.79 Å². The highest BCUT2D eigenvalue weighted by molar-refractivity contribution is 7.99. The van der Waals surface area contributed by atoms with Gasteiger partial charge in [0.05, 0.1) is 25.4 Å². The minimum atomic E-state index is -3.19. The molecule has 1 heterocycles. The first-order valence-corrected chi connectivity index (χ1v) is 14.7. The molecule has 4 aromatic rings. The first kappa shape index (κ1) is 29.3. The van der Waals surface area contributed by atoms with Crippen molar-refractivity contribution in [3.63, 3.8) is 0 Å². The molecule has 3 aromatic carbocycles. The molecule has 0 aliphatic carbocycles. The van der Waals surface area contributed by atoms with E-state index in [1.54, 1.807) is 6.92 Å². The van der Waals surface area contributed by atoms with E-state index in [0.29, 0.717) is 0 Å². The Bertz CT molecular complexity index is 1440. The smallest absolute Gasteiger partial charge is 0.381 e. The third kappa shape index (κ3) is 5.52. The van der Waals surface area contributed by atoms with Crippen molar-refractivity contribution in [2.24, 2.45) is 0 Å². The molecule has 210 valence electrons. The molecule has 0 aliphatic heterocycles. The zero-order chi connectivity index (χ0) is 29.4. The van der Waals surface area contributed by atoms with E-state index >= 15 is 0 Å². The quantitative estimate of drug-likeness (QED) is 0.0896. The van der Waals surface area contributed by atoms with Crippen molar-refractivity contribution in [1.29, 1.82) is 0 Å². The number of carbonyl (C=O) groups is 3. The van der Waals surface area contributed by atoms with Crippen LogP contribution in [0, 0.1) is 0 Å². The Balaban J connectivity index is 2.17. The molecule has 9 heteroatoms. The second kappa shape index (κ2) is 13.1. The summed E-state index contributed by atoms with van der Waals surface area (Å²) in [4.78, 5) is 39.5. The lowest BCUT2D eigenvalue weighted by Crippen LogP contribution is -2.39. The van der Waals surface area contributed by atoms with Crippen LogP contribution in [-0.2, 0) is 23.8 Å². The van der Waals surface area contributed by atoms with Gasteiger partial charge in [-0.1, -0.05) is 54.6 Å². The molecule has 0 aliphatic rings. The lowest BCUT2D eigenvalue weighted by Gasteiger charge is -2.35. The van der Waals surface area contributed by atoms with Gasteiger partial charge >= 0.3 is 11.9 Å². The minimum absolute atomic E-state index is 0.00406. The third-order valence-corrected chi connectivity index (χ3v) is 11.0. The van der Waals surface area contributed by atoms with Crippen molar-refractivity contribution in [3.8, 4) is 0 Å². The Morgan fingerprint density at radius 1 is 0.756 bits per heavy atom. The highest BCUT2D eigenvalue weighted by Crippen LogP contribution is 2.66. The first-order valence-electron chi connectivity index (χ1n) is 12.9. The van der Waals surface area contributed by atoms with E-state index in [-0.39, 0.29) is 17.6 Å². The van der Waals surface area contributed by atoms with Crippen LogP contribution < -0.4 is 21.0 Å². The van der Waals surface area contributed by atoms with E-state index in [1.807, 2.05) is 91.0 Å². The summed E-state index contributed by atoms with van der Waals surface area (Å²) < 4.78 is 16.9. The predicted octanol–water partition coefficient (Wildman–Crippen LogP) is 3.12. The van der Waals surface area contributed by atoms with Crippen molar-refractivity contribution in [1.82, 2.24) is 4.57 Å². The number of Topliss-reactive ketones (excluding diaryl/α,β-unsaturated/α-hetero) is 1. The van der Waals surface area contributed by atoms with Gasteiger partial charge in [0.2, 0.25) is 0 Å². The SMILES string of the molecule is CCOC(=O)C(=O)c1cccn1C(C(=O)OC)/C(=C(/[O-])OC)[P+](c1ccccc1)(c1ccccc1)c1ccccc1. The highest BCUT2D eigenvalue weighted by atomic mass is 31.2. The Kier molecular flexibility index (Phi) is 9.37. The summed E-state index contributed by atoms with van der Waals surface area (Å²) in [5.41, 5.74) is -0.132. The Morgan fingerprint density at radius 3 is 1.66 bits per heavy atom. The van der Waals surface area contributed by atoms with E-state index < -0.39 is 37.0 Å². The van der Waals surface area contributed by atoms with Crippen LogP contribution in [0.1, 0.15) is 23.5 Å². The summed E-state index contributed by atoms with van der Waals surface area (Å²) in [6, 6.07) is 29.7. The maximum Gasteiger partial charge on any atom is 0.381 e. The van der Waals surface area contributed by atoms with Crippen LogP contribution in [0.3, 0.4) is 0 Å². The van der Waals surface area contributed by atoms with Crippen molar-refractivity contribution in [3.05, 3.63) is 126 Å². The molecule has 0 saturated heterocycles. The molecular weight excluding hydrogens is 541 g/mol. The Morgan fingerprint density at radius 2 is 1.24 bits per heavy atom. The Hall–Kier alpha value is -4.68. The van der Waals surface area contributed by atoms with E-state index in [4.69, 9.17) is 14.2 Å².